The van der Waals surface area contributed by atoms with E-state index < -0.39 is 0 Å². The van der Waals surface area contributed by atoms with E-state index >= 15 is 0 Å². The first-order valence-corrected chi connectivity index (χ1v) is 9.09. The molecule has 0 saturated carbocycles. The number of aliphatic imine (C=N–C) groups is 1. The summed E-state index contributed by atoms with van der Waals surface area (Å²) in [5.41, 5.74) is 0. The minimum Gasteiger partial charge on any atom is -0.459 e. The standard InChI is InChI=1S/C18H31N5O2/c1-5-19-18(20-8-9-21(4)15(2)3)23-12-10-22(11-13-23)17(24)16-7-6-14-25-16/h6-7,14-15H,5,8-13H2,1-4H3,(H,19,20). The molecule has 1 aromatic heterocycles. The van der Waals surface area contributed by atoms with Crippen LogP contribution in [0.3, 0.4) is 0 Å². The van der Waals surface area contributed by atoms with Crippen molar-refractivity contribution in [1.29, 1.82) is 0 Å². The van der Waals surface area contributed by atoms with Crippen LogP contribution in [0.4, 0.5) is 0 Å². The Bertz CT molecular complexity index is 548. The van der Waals surface area contributed by atoms with E-state index in [1.54, 1.807) is 12.1 Å². The quantitative estimate of drug-likeness (QED) is 0.620. The fraction of sp³-hybridized carbons (Fsp3) is 0.667. The van der Waals surface area contributed by atoms with E-state index in [4.69, 9.17) is 9.41 Å². The number of nitrogens with one attached hydrogen (secondary N) is 1. The Morgan fingerprint density at radius 2 is 2.00 bits per heavy atom. The van der Waals surface area contributed by atoms with Crippen LogP contribution in [0.1, 0.15) is 31.3 Å². The van der Waals surface area contributed by atoms with Gasteiger partial charge in [0.25, 0.3) is 5.91 Å². The van der Waals surface area contributed by atoms with Crippen LogP contribution in [0.2, 0.25) is 0 Å². The maximum absolute atomic E-state index is 12.3. The van der Waals surface area contributed by atoms with Crippen molar-refractivity contribution < 1.29 is 9.21 Å². The van der Waals surface area contributed by atoms with E-state index in [1.165, 1.54) is 6.26 Å². The number of furan rings is 1. The molecule has 0 aromatic carbocycles. The second-order valence-corrected chi connectivity index (χ2v) is 6.57. The van der Waals surface area contributed by atoms with E-state index in [0.29, 0.717) is 24.9 Å². The monoisotopic (exact) mass is 349 g/mol. The minimum absolute atomic E-state index is 0.0369. The average Bonchev–Trinajstić information content (AvgIpc) is 3.15. The second-order valence-electron chi connectivity index (χ2n) is 6.57. The average molecular weight is 349 g/mol. The smallest absolute Gasteiger partial charge is 0.289 e. The number of nitrogens with zero attached hydrogens (tertiary/aromatic N) is 4. The molecule has 1 N–H and O–H groups in total. The molecular formula is C18H31N5O2. The summed E-state index contributed by atoms with van der Waals surface area (Å²) >= 11 is 0. The zero-order chi connectivity index (χ0) is 18.2. The van der Waals surface area contributed by atoms with E-state index in [1.807, 2.05) is 4.90 Å². The number of carbonyl (C=O) groups is 1. The van der Waals surface area contributed by atoms with Crippen molar-refractivity contribution in [2.45, 2.75) is 26.8 Å². The van der Waals surface area contributed by atoms with Crippen LogP contribution in [-0.2, 0) is 0 Å². The lowest BCUT2D eigenvalue weighted by Gasteiger charge is -2.36. The number of carbonyl (C=O) groups excluding carboxylic acids is 1. The van der Waals surface area contributed by atoms with Crippen LogP contribution in [0.5, 0.6) is 0 Å². The van der Waals surface area contributed by atoms with Crippen molar-refractivity contribution in [1.82, 2.24) is 20.0 Å². The van der Waals surface area contributed by atoms with Gasteiger partial charge >= 0.3 is 0 Å². The summed E-state index contributed by atoms with van der Waals surface area (Å²) in [6.07, 6.45) is 1.54. The predicted octanol–water partition coefficient (Wildman–Crippen LogP) is 1.34. The summed E-state index contributed by atoms with van der Waals surface area (Å²) in [4.78, 5) is 23.4. The highest BCUT2D eigenvalue weighted by molar-refractivity contribution is 5.91. The molecule has 7 nitrogen and oxygen atoms in total. The molecule has 25 heavy (non-hydrogen) atoms. The van der Waals surface area contributed by atoms with E-state index in [-0.39, 0.29) is 5.91 Å². The van der Waals surface area contributed by atoms with Crippen LogP contribution in [-0.4, -0.2) is 85.5 Å². The molecule has 2 rings (SSSR count). The van der Waals surface area contributed by atoms with Gasteiger partial charge < -0.3 is 24.4 Å². The fourth-order valence-corrected chi connectivity index (χ4v) is 2.68. The molecule has 0 atom stereocenters. The van der Waals surface area contributed by atoms with Gasteiger partial charge in [-0.25, -0.2) is 0 Å². The summed E-state index contributed by atoms with van der Waals surface area (Å²) in [6.45, 7) is 11.9. The van der Waals surface area contributed by atoms with E-state index in [9.17, 15) is 4.79 Å². The first kappa shape index (κ1) is 19.3. The van der Waals surface area contributed by atoms with E-state index in [0.717, 1.165) is 38.7 Å². The highest BCUT2D eigenvalue weighted by Crippen LogP contribution is 2.09. The van der Waals surface area contributed by atoms with Crippen LogP contribution in [0.15, 0.2) is 27.8 Å². The Balaban J connectivity index is 1.87. The van der Waals surface area contributed by atoms with Gasteiger partial charge in [0.2, 0.25) is 0 Å². The Hall–Kier alpha value is -2.02. The van der Waals surface area contributed by atoms with Gasteiger partial charge in [0.15, 0.2) is 11.7 Å². The summed E-state index contributed by atoms with van der Waals surface area (Å²) in [5.74, 6) is 1.31. The van der Waals surface area contributed by atoms with Gasteiger partial charge in [0.05, 0.1) is 12.8 Å². The normalized spacial score (nSPS) is 16.0. The maximum Gasteiger partial charge on any atom is 0.289 e. The number of hydrogen-bond donors (Lipinski definition) is 1. The zero-order valence-electron chi connectivity index (χ0n) is 15.9. The van der Waals surface area contributed by atoms with Crippen molar-refractivity contribution >= 4 is 11.9 Å². The van der Waals surface area contributed by atoms with Crippen molar-refractivity contribution in [3.05, 3.63) is 24.2 Å². The number of piperazine rings is 1. The van der Waals surface area contributed by atoms with Gasteiger partial charge in [-0.3, -0.25) is 9.79 Å². The van der Waals surface area contributed by atoms with E-state index in [2.05, 4.69) is 42.9 Å². The Labute approximate surface area is 150 Å². The van der Waals surface area contributed by atoms with Gasteiger partial charge in [-0.15, -0.1) is 0 Å². The molecule has 7 heteroatoms. The van der Waals surface area contributed by atoms with Gasteiger partial charge in [-0.1, -0.05) is 0 Å². The molecule has 1 aliphatic rings. The molecule has 1 amide bonds. The number of guanidine groups is 1. The van der Waals surface area contributed by atoms with Crippen LogP contribution >= 0.6 is 0 Å². The van der Waals surface area contributed by atoms with Crippen molar-refractivity contribution in [3.8, 4) is 0 Å². The zero-order valence-corrected chi connectivity index (χ0v) is 15.9. The largest absolute Gasteiger partial charge is 0.459 e. The molecule has 0 unspecified atom stereocenters. The molecule has 2 heterocycles. The number of rotatable bonds is 6. The van der Waals surface area contributed by atoms with Crippen molar-refractivity contribution in [3.63, 3.8) is 0 Å². The lowest BCUT2D eigenvalue weighted by molar-refractivity contribution is 0.0657. The van der Waals surface area contributed by atoms with Crippen molar-refractivity contribution in [2.75, 3.05) is 52.9 Å². The molecule has 1 fully saturated rings. The fourth-order valence-electron chi connectivity index (χ4n) is 2.68. The SMILES string of the molecule is CCNC(=NCCN(C)C(C)C)N1CCN(C(=O)c2ccco2)CC1. The highest BCUT2D eigenvalue weighted by atomic mass is 16.3. The van der Waals surface area contributed by atoms with Crippen LogP contribution < -0.4 is 5.32 Å². The topological polar surface area (TPSA) is 64.3 Å². The first-order valence-electron chi connectivity index (χ1n) is 9.09. The van der Waals surface area contributed by atoms with Gasteiger partial charge in [-0.05, 0) is 40.0 Å². The Morgan fingerprint density at radius 1 is 1.32 bits per heavy atom. The minimum atomic E-state index is -0.0369. The summed E-state index contributed by atoms with van der Waals surface area (Å²) in [6, 6.07) is 3.98. The maximum atomic E-state index is 12.3. The molecule has 0 spiro atoms. The molecule has 140 valence electrons. The predicted molar refractivity (Wildman–Crippen MR) is 99.9 cm³/mol. The second kappa shape index (κ2) is 9.46. The summed E-state index contributed by atoms with van der Waals surface area (Å²) < 4.78 is 5.21. The molecule has 0 aliphatic carbocycles. The summed E-state index contributed by atoms with van der Waals surface area (Å²) in [5, 5.41) is 3.36. The number of hydrogen-bond acceptors (Lipinski definition) is 4. The molecule has 1 aromatic rings. The van der Waals surface area contributed by atoms with Gasteiger partial charge in [0, 0.05) is 45.3 Å². The molecule has 0 radical (unpaired) electrons. The molecule has 0 bridgehead atoms. The lowest BCUT2D eigenvalue weighted by Crippen LogP contribution is -2.53. The molecule has 1 aliphatic heterocycles. The van der Waals surface area contributed by atoms with Crippen LogP contribution in [0, 0.1) is 0 Å². The summed E-state index contributed by atoms with van der Waals surface area (Å²) in [7, 11) is 2.12. The Morgan fingerprint density at radius 3 is 2.56 bits per heavy atom. The molecular weight excluding hydrogens is 318 g/mol. The molecule has 1 saturated heterocycles. The van der Waals surface area contributed by atoms with Gasteiger partial charge in [-0.2, -0.15) is 0 Å². The third-order valence-corrected chi connectivity index (χ3v) is 4.53. The number of likely N-dealkylation sites (N-methyl/N-ethyl adjacent to an activating group) is 1. The highest BCUT2D eigenvalue weighted by Gasteiger charge is 2.25. The van der Waals surface area contributed by atoms with Crippen molar-refractivity contribution in [2.24, 2.45) is 4.99 Å². The lowest BCUT2D eigenvalue weighted by atomic mass is 10.3. The third-order valence-electron chi connectivity index (χ3n) is 4.53. The Kier molecular flexibility index (Phi) is 7.31. The van der Waals surface area contributed by atoms with Gasteiger partial charge in [0.1, 0.15) is 0 Å². The number of amides is 1. The first-order chi connectivity index (χ1) is 12.0. The third kappa shape index (κ3) is 5.49. The van der Waals surface area contributed by atoms with Crippen LogP contribution in [0.25, 0.3) is 0 Å².